The van der Waals surface area contributed by atoms with Crippen molar-refractivity contribution in [2.75, 3.05) is 31.4 Å². The fourth-order valence-electron chi connectivity index (χ4n) is 2.23. The van der Waals surface area contributed by atoms with E-state index in [0.29, 0.717) is 31.4 Å². The third-order valence-corrected chi connectivity index (χ3v) is 5.86. The molecular formula is C13H19Cl2N2O2P. The van der Waals surface area contributed by atoms with Gasteiger partial charge in [0, 0.05) is 31.4 Å². The molecule has 1 heterocycles. The van der Waals surface area contributed by atoms with Gasteiger partial charge in [0.2, 0.25) is 0 Å². The van der Waals surface area contributed by atoms with Gasteiger partial charge in [0.1, 0.15) is 0 Å². The highest BCUT2D eigenvalue weighted by molar-refractivity contribution is 7.54. The van der Waals surface area contributed by atoms with E-state index in [1.807, 2.05) is 30.3 Å². The van der Waals surface area contributed by atoms with Crippen LogP contribution in [0.2, 0.25) is 0 Å². The first-order valence-corrected chi connectivity index (χ1v) is 9.30. The molecule has 1 N–H and O–H groups in total. The Hall–Kier alpha value is -0.0900. The molecule has 0 unspecified atom stereocenters. The molecule has 1 fully saturated rings. The molecule has 1 aromatic rings. The van der Waals surface area contributed by atoms with Crippen molar-refractivity contribution < 1.29 is 9.09 Å². The summed E-state index contributed by atoms with van der Waals surface area (Å²) in [5.41, 5.74) is 1.05. The van der Waals surface area contributed by atoms with E-state index in [9.17, 15) is 4.57 Å². The Labute approximate surface area is 129 Å². The highest BCUT2D eigenvalue weighted by Crippen LogP contribution is 2.53. The van der Waals surface area contributed by atoms with E-state index in [1.54, 1.807) is 4.67 Å². The summed E-state index contributed by atoms with van der Waals surface area (Å²) < 4.78 is 20.6. The zero-order chi connectivity index (χ0) is 14.4. The van der Waals surface area contributed by atoms with E-state index in [-0.39, 0.29) is 6.10 Å². The van der Waals surface area contributed by atoms with Crippen molar-refractivity contribution in [1.29, 1.82) is 0 Å². The summed E-state index contributed by atoms with van der Waals surface area (Å²) in [6.07, 6.45) is 0.639. The van der Waals surface area contributed by atoms with Crippen LogP contribution in [0.3, 0.4) is 0 Å². The van der Waals surface area contributed by atoms with Gasteiger partial charge in [-0.15, -0.1) is 23.2 Å². The van der Waals surface area contributed by atoms with Gasteiger partial charge in [-0.05, 0) is 12.0 Å². The van der Waals surface area contributed by atoms with Gasteiger partial charge in [0.05, 0.1) is 6.10 Å². The number of alkyl halides is 2. The lowest BCUT2D eigenvalue weighted by Gasteiger charge is -2.37. The summed E-state index contributed by atoms with van der Waals surface area (Å²) in [5, 5.41) is 3.01. The number of nitrogens with one attached hydrogen (secondary N) is 1. The van der Waals surface area contributed by atoms with E-state index >= 15 is 0 Å². The fraction of sp³-hybridized carbons (Fsp3) is 0.538. The average Bonchev–Trinajstić information content (AvgIpc) is 2.48. The highest BCUT2D eigenvalue weighted by Gasteiger charge is 2.37. The number of hydrogen-bond donors (Lipinski definition) is 1. The molecule has 1 saturated heterocycles. The van der Waals surface area contributed by atoms with E-state index in [1.165, 1.54) is 0 Å². The minimum atomic E-state index is -3.06. The van der Waals surface area contributed by atoms with Crippen LogP contribution < -0.4 is 5.09 Å². The second-order valence-corrected chi connectivity index (χ2v) is 7.44. The third-order valence-electron chi connectivity index (χ3n) is 3.22. The van der Waals surface area contributed by atoms with E-state index in [4.69, 9.17) is 27.7 Å². The van der Waals surface area contributed by atoms with Gasteiger partial charge in [-0.1, -0.05) is 30.3 Å². The lowest BCUT2D eigenvalue weighted by molar-refractivity contribution is 0.148. The van der Waals surface area contributed by atoms with Crippen LogP contribution in [0.5, 0.6) is 0 Å². The normalized spacial score (nSPS) is 26.9. The van der Waals surface area contributed by atoms with Crippen molar-refractivity contribution in [3.05, 3.63) is 35.9 Å². The molecule has 1 aromatic carbocycles. The molecule has 0 bridgehead atoms. The van der Waals surface area contributed by atoms with Crippen molar-refractivity contribution in [2.24, 2.45) is 0 Å². The lowest BCUT2D eigenvalue weighted by atomic mass is 10.1. The molecule has 0 aliphatic carbocycles. The summed E-state index contributed by atoms with van der Waals surface area (Å²) in [6.45, 7) is 1.62. The maximum Gasteiger partial charge on any atom is 0.344 e. The maximum atomic E-state index is 13.0. The molecule has 7 heteroatoms. The van der Waals surface area contributed by atoms with Gasteiger partial charge in [0.25, 0.3) is 0 Å². The summed E-state index contributed by atoms with van der Waals surface area (Å²) in [4.78, 5) is 0. The molecule has 2 atom stereocenters. The van der Waals surface area contributed by atoms with Crippen LogP contribution in [0.4, 0.5) is 0 Å². The second kappa shape index (κ2) is 7.79. The smallest absolute Gasteiger partial charge is 0.298 e. The first-order valence-electron chi connectivity index (χ1n) is 6.65. The van der Waals surface area contributed by atoms with Crippen molar-refractivity contribution in [3.63, 3.8) is 0 Å². The van der Waals surface area contributed by atoms with Crippen LogP contribution in [0, 0.1) is 0 Å². The zero-order valence-corrected chi connectivity index (χ0v) is 13.6. The maximum absolute atomic E-state index is 13.0. The lowest BCUT2D eigenvalue weighted by Crippen LogP contribution is -2.36. The largest absolute Gasteiger partial charge is 0.344 e. The standard InChI is InChI=1S/C13H19Cl2N2O2P/c14-7-10-17(11-8-15)20(18)16-9-6-13(19-20)12-4-2-1-3-5-12/h1-5,13H,6-11H2,(H,16,18)/t13-,20+/m1/s1. The summed E-state index contributed by atoms with van der Waals surface area (Å²) in [5.74, 6) is 0.782. The van der Waals surface area contributed by atoms with Crippen LogP contribution in [0.25, 0.3) is 0 Å². The van der Waals surface area contributed by atoms with Crippen LogP contribution >= 0.6 is 30.9 Å². The molecule has 112 valence electrons. The van der Waals surface area contributed by atoms with Gasteiger partial charge in [0.15, 0.2) is 0 Å². The Kier molecular flexibility index (Phi) is 6.34. The number of rotatable bonds is 6. The minimum Gasteiger partial charge on any atom is -0.298 e. The number of benzene rings is 1. The molecule has 0 saturated carbocycles. The summed E-state index contributed by atoms with van der Waals surface area (Å²) >= 11 is 11.6. The van der Waals surface area contributed by atoms with E-state index in [2.05, 4.69) is 5.09 Å². The Balaban J connectivity index is 2.13. The predicted molar refractivity (Wildman–Crippen MR) is 83.5 cm³/mol. The SMILES string of the molecule is O=[P@@]1(N(CCCl)CCCl)NCC[C@H](c2ccccc2)O1. The molecule has 1 aliphatic rings. The van der Waals surface area contributed by atoms with Crippen LogP contribution in [-0.2, 0) is 9.09 Å². The monoisotopic (exact) mass is 336 g/mol. The number of nitrogens with zero attached hydrogens (tertiary/aromatic N) is 1. The van der Waals surface area contributed by atoms with Gasteiger partial charge in [-0.25, -0.2) is 9.76 Å². The first-order chi connectivity index (χ1) is 9.69. The van der Waals surface area contributed by atoms with Crippen LogP contribution in [0.15, 0.2) is 30.3 Å². The van der Waals surface area contributed by atoms with Gasteiger partial charge in [-0.2, -0.15) is 0 Å². The quantitative estimate of drug-likeness (QED) is 0.636. The van der Waals surface area contributed by atoms with E-state index < -0.39 is 7.67 Å². The second-order valence-electron chi connectivity index (χ2n) is 4.55. The number of halogens is 2. The number of hydrogen-bond acceptors (Lipinski definition) is 2. The molecule has 0 radical (unpaired) electrons. The minimum absolute atomic E-state index is 0.156. The summed E-state index contributed by atoms with van der Waals surface area (Å²) in [6, 6.07) is 9.86. The Morgan fingerprint density at radius 3 is 2.50 bits per heavy atom. The van der Waals surface area contributed by atoms with E-state index in [0.717, 1.165) is 12.0 Å². The molecule has 0 amide bonds. The van der Waals surface area contributed by atoms with Gasteiger partial charge in [-0.3, -0.25) is 9.09 Å². The van der Waals surface area contributed by atoms with Crippen molar-refractivity contribution in [1.82, 2.24) is 9.76 Å². The van der Waals surface area contributed by atoms with Crippen molar-refractivity contribution >= 4 is 30.9 Å². The highest BCUT2D eigenvalue weighted by atomic mass is 35.5. The molecule has 0 spiro atoms. The molecule has 1 aliphatic heterocycles. The van der Waals surface area contributed by atoms with Crippen LogP contribution in [0.1, 0.15) is 18.1 Å². The molecule has 4 nitrogen and oxygen atoms in total. The first kappa shape index (κ1) is 16.3. The Bertz CT molecular complexity index is 455. The molecule has 20 heavy (non-hydrogen) atoms. The van der Waals surface area contributed by atoms with Gasteiger partial charge >= 0.3 is 7.67 Å². The third kappa shape index (κ3) is 3.97. The Morgan fingerprint density at radius 2 is 1.90 bits per heavy atom. The molecular weight excluding hydrogens is 318 g/mol. The van der Waals surface area contributed by atoms with Crippen LogP contribution in [-0.4, -0.2) is 36.1 Å². The topological polar surface area (TPSA) is 41.6 Å². The molecule has 0 aromatic heterocycles. The van der Waals surface area contributed by atoms with Gasteiger partial charge < -0.3 is 0 Å². The average molecular weight is 337 g/mol. The zero-order valence-electron chi connectivity index (χ0n) is 11.2. The predicted octanol–water partition coefficient (Wildman–Crippen LogP) is 3.63. The summed E-state index contributed by atoms with van der Waals surface area (Å²) in [7, 11) is -3.06. The molecule has 2 rings (SSSR count). The van der Waals surface area contributed by atoms with Crippen molar-refractivity contribution in [3.8, 4) is 0 Å². The fourth-order valence-corrected chi connectivity index (χ4v) is 4.99. The van der Waals surface area contributed by atoms with Crippen molar-refractivity contribution in [2.45, 2.75) is 12.5 Å². The Morgan fingerprint density at radius 1 is 1.25 bits per heavy atom.